The van der Waals surface area contributed by atoms with Crippen LogP contribution in [-0.2, 0) is 11.3 Å². The van der Waals surface area contributed by atoms with Gasteiger partial charge in [-0.1, -0.05) is 30.3 Å². The molecule has 1 aromatic carbocycles. The highest BCUT2D eigenvalue weighted by Crippen LogP contribution is 2.10. The highest BCUT2D eigenvalue weighted by molar-refractivity contribution is 5.87. The zero-order chi connectivity index (χ0) is 12.8. The molecule has 5 nitrogen and oxygen atoms in total. The zero-order valence-electron chi connectivity index (χ0n) is 10.1. The summed E-state index contributed by atoms with van der Waals surface area (Å²) >= 11 is 0. The number of rotatable bonds is 4. The fourth-order valence-corrected chi connectivity index (χ4v) is 1.49. The predicted molar refractivity (Wildman–Crippen MR) is 70.1 cm³/mol. The first kappa shape index (κ1) is 12.0. The van der Waals surface area contributed by atoms with Gasteiger partial charge in [-0.25, -0.2) is 9.97 Å². The lowest BCUT2D eigenvalue weighted by Crippen LogP contribution is -2.09. The summed E-state index contributed by atoms with van der Waals surface area (Å²) in [5.41, 5.74) is 1.16. The fourth-order valence-electron chi connectivity index (χ4n) is 1.49. The molecule has 0 radical (unpaired) electrons. The second kappa shape index (κ2) is 5.77. The van der Waals surface area contributed by atoms with Gasteiger partial charge >= 0.3 is 0 Å². The number of hydrogen-bond donors (Lipinski definition) is 2. The maximum atomic E-state index is 10.9. The third-order valence-corrected chi connectivity index (χ3v) is 2.29. The van der Waals surface area contributed by atoms with Crippen molar-refractivity contribution in [3.05, 3.63) is 48.3 Å². The van der Waals surface area contributed by atoms with E-state index >= 15 is 0 Å². The Labute approximate surface area is 105 Å². The Kier molecular flexibility index (Phi) is 3.86. The van der Waals surface area contributed by atoms with Crippen LogP contribution >= 0.6 is 0 Å². The predicted octanol–water partition coefficient (Wildman–Crippen LogP) is 2.05. The van der Waals surface area contributed by atoms with Crippen molar-refractivity contribution in [3.8, 4) is 0 Å². The molecule has 0 atom stereocenters. The molecule has 0 aliphatic heterocycles. The summed E-state index contributed by atoms with van der Waals surface area (Å²) in [6.45, 7) is 2.12. The third kappa shape index (κ3) is 3.55. The Morgan fingerprint density at radius 3 is 2.61 bits per heavy atom. The van der Waals surface area contributed by atoms with Gasteiger partial charge in [-0.2, -0.15) is 0 Å². The van der Waals surface area contributed by atoms with E-state index in [0.717, 1.165) is 5.56 Å². The number of hydrogen-bond acceptors (Lipinski definition) is 4. The van der Waals surface area contributed by atoms with Crippen molar-refractivity contribution in [2.24, 2.45) is 0 Å². The van der Waals surface area contributed by atoms with Crippen LogP contribution in [0.2, 0.25) is 0 Å². The van der Waals surface area contributed by atoms with Gasteiger partial charge in [0.1, 0.15) is 18.0 Å². The van der Waals surface area contributed by atoms with Crippen LogP contribution < -0.4 is 10.6 Å². The third-order valence-electron chi connectivity index (χ3n) is 2.29. The molecule has 0 saturated heterocycles. The SMILES string of the molecule is CC(=O)Nc1cc(NCc2ccccc2)ncn1. The van der Waals surface area contributed by atoms with E-state index in [9.17, 15) is 4.79 Å². The van der Waals surface area contributed by atoms with Gasteiger partial charge in [0.2, 0.25) is 5.91 Å². The lowest BCUT2D eigenvalue weighted by molar-refractivity contribution is -0.114. The van der Waals surface area contributed by atoms with Gasteiger partial charge < -0.3 is 10.6 Å². The molecule has 0 aliphatic carbocycles. The first-order chi connectivity index (χ1) is 8.74. The van der Waals surface area contributed by atoms with Crippen molar-refractivity contribution in [2.75, 3.05) is 10.6 Å². The van der Waals surface area contributed by atoms with E-state index in [-0.39, 0.29) is 5.91 Å². The van der Waals surface area contributed by atoms with Gasteiger partial charge in [0.05, 0.1) is 0 Å². The van der Waals surface area contributed by atoms with Gasteiger partial charge in [-0.05, 0) is 5.56 Å². The van der Waals surface area contributed by atoms with Crippen LogP contribution in [0.15, 0.2) is 42.7 Å². The molecule has 0 aliphatic rings. The molecule has 18 heavy (non-hydrogen) atoms. The number of nitrogens with zero attached hydrogens (tertiary/aromatic N) is 2. The van der Waals surface area contributed by atoms with Gasteiger partial charge in [-0.3, -0.25) is 4.79 Å². The number of carbonyl (C=O) groups is 1. The molecule has 0 fully saturated rings. The minimum absolute atomic E-state index is 0.150. The van der Waals surface area contributed by atoms with Crippen LogP contribution in [0.1, 0.15) is 12.5 Å². The van der Waals surface area contributed by atoms with E-state index in [4.69, 9.17) is 0 Å². The average Bonchev–Trinajstić information content (AvgIpc) is 2.37. The van der Waals surface area contributed by atoms with Crippen molar-refractivity contribution < 1.29 is 4.79 Å². The van der Waals surface area contributed by atoms with Crippen LogP contribution in [-0.4, -0.2) is 15.9 Å². The summed E-state index contributed by atoms with van der Waals surface area (Å²) in [6.07, 6.45) is 1.42. The van der Waals surface area contributed by atoms with Gasteiger partial charge in [0.25, 0.3) is 0 Å². The standard InChI is InChI=1S/C13H14N4O/c1-10(18)17-13-7-12(15-9-16-13)14-8-11-5-3-2-4-6-11/h2-7,9H,8H2,1H3,(H2,14,15,16,17,18). The normalized spacial score (nSPS) is 9.83. The quantitative estimate of drug-likeness (QED) is 0.861. The van der Waals surface area contributed by atoms with Gasteiger partial charge in [-0.15, -0.1) is 0 Å². The van der Waals surface area contributed by atoms with Crippen LogP contribution in [0.25, 0.3) is 0 Å². The van der Waals surface area contributed by atoms with E-state index in [1.807, 2.05) is 30.3 Å². The first-order valence-corrected chi connectivity index (χ1v) is 5.61. The molecular formula is C13H14N4O. The maximum absolute atomic E-state index is 10.9. The van der Waals surface area contributed by atoms with Crippen LogP contribution in [0.3, 0.4) is 0 Å². The molecule has 0 bridgehead atoms. The highest BCUT2D eigenvalue weighted by atomic mass is 16.1. The van der Waals surface area contributed by atoms with Crippen LogP contribution in [0.5, 0.6) is 0 Å². The number of amides is 1. The molecular weight excluding hydrogens is 228 g/mol. The minimum atomic E-state index is -0.150. The smallest absolute Gasteiger partial charge is 0.222 e. The Morgan fingerprint density at radius 1 is 1.17 bits per heavy atom. The summed E-state index contributed by atoms with van der Waals surface area (Å²) in [5.74, 6) is 1.02. The Hall–Kier alpha value is -2.43. The van der Waals surface area contributed by atoms with Crippen LogP contribution in [0.4, 0.5) is 11.6 Å². The topological polar surface area (TPSA) is 66.9 Å². The Bertz CT molecular complexity index is 528. The molecule has 1 aromatic heterocycles. The number of carbonyl (C=O) groups excluding carboxylic acids is 1. The van der Waals surface area contributed by atoms with Gasteiger partial charge in [0, 0.05) is 19.5 Å². The van der Waals surface area contributed by atoms with Crippen molar-refractivity contribution in [1.82, 2.24) is 9.97 Å². The first-order valence-electron chi connectivity index (χ1n) is 5.61. The lowest BCUT2D eigenvalue weighted by atomic mass is 10.2. The number of aromatic nitrogens is 2. The zero-order valence-corrected chi connectivity index (χ0v) is 10.1. The van der Waals surface area contributed by atoms with Crippen molar-refractivity contribution in [2.45, 2.75) is 13.5 Å². The van der Waals surface area contributed by atoms with E-state index in [1.165, 1.54) is 13.3 Å². The molecule has 1 amide bonds. The monoisotopic (exact) mass is 242 g/mol. The second-order valence-electron chi connectivity index (χ2n) is 3.81. The van der Waals surface area contributed by atoms with E-state index in [0.29, 0.717) is 18.2 Å². The van der Waals surface area contributed by atoms with E-state index in [1.54, 1.807) is 6.07 Å². The number of benzene rings is 1. The fraction of sp³-hybridized carbons (Fsp3) is 0.154. The Balaban J connectivity index is 1.99. The molecule has 2 N–H and O–H groups in total. The highest BCUT2D eigenvalue weighted by Gasteiger charge is 2.00. The number of nitrogens with one attached hydrogen (secondary N) is 2. The molecule has 0 unspecified atom stereocenters. The molecule has 2 rings (SSSR count). The molecule has 1 heterocycles. The molecule has 2 aromatic rings. The van der Waals surface area contributed by atoms with E-state index in [2.05, 4.69) is 20.6 Å². The van der Waals surface area contributed by atoms with Gasteiger partial charge in [0.15, 0.2) is 0 Å². The average molecular weight is 242 g/mol. The largest absolute Gasteiger partial charge is 0.366 e. The summed E-state index contributed by atoms with van der Waals surface area (Å²) in [5, 5.41) is 5.79. The summed E-state index contributed by atoms with van der Waals surface area (Å²) in [4.78, 5) is 19.0. The van der Waals surface area contributed by atoms with Crippen molar-refractivity contribution in [3.63, 3.8) is 0 Å². The van der Waals surface area contributed by atoms with Crippen molar-refractivity contribution >= 4 is 17.5 Å². The van der Waals surface area contributed by atoms with Crippen molar-refractivity contribution in [1.29, 1.82) is 0 Å². The molecule has 0 saturated carbocycles. The summed E-state index contributed by atoms with van der Waals surface area (Å²) in [7, 11) is 0. The molecule has 92 valence electrons. The summed E-state index contributed by atoms with van der Waals surface area (Å²) < 4.78 is 0. The minimum Gasteiger partial charge on any atom is -0.366 e. The second-order valence-corrected chi connectivity index (χ2v) is 3.81. The van der Waals surface area contributed by atoms with E-state index < -0.39 is 0 Å². The lowest BCUT2D eigenvalue weighted by Gasteiger charge is -2.07. The maximum Gasteiger partial charge on any atom is 0.222 e. The van der Waals surface area contributed by atoms with Crippen LogP contribution in [0, 0.1) is 0 Å². The molecule has 5 heteroatoms. The molecule has 0 spiro atoms. The summed E-state index contributed by atoms with van der Waals surface area (Å²) in [6, 6.07) is 11.7. The Morgan fingerprint density at radius 2 is 1.89 bits per heavy atom. The number of anilines is 2.